The van der Waals surface area contributed by atoms with E-state index in [4.69, 9.17) is 0 Å². The summed E-state index contributed by atoms with van der Waals surface area (Å²) in [5, 5.41) is 12.0. The van der Waals surface area contributed by atoms with Gasteiger partial charge in [0.25, 0.3) is 5.91 Å². The summed E-state index contributed by atoms with van der Waals surface area (Å²) in [6.07, 6.45) is 2.01. The zero-order valence-electron chi connectivity index (χ0n) is 15.3. The SMILES string of the molecule is CCC(CC)n1nc(C(=O)NCCN2CCNCC2)c2ccccc21. The highest BCUT2D eigenvalue weighted by Gasteiger charge is 2.20. The second kappa shape index (κ2) is 8.45. The number of amides is 1. The van der Waals surface area contributed by atoms with Gasteiger partial charge in [-0.25, -0.2) is 0 Å². The van der Waals surface area contributed by atoms with E-state index in [1.54, 1.807) is 0 Å². The first-order chi connectivity index (χ1) is 12.2. The van der Waals surface area contributed by atoms with Crippen LogP contribution in [-0.2, 0) is 0 Å². The smallest absolute Gasteiger partial charge is 0.272 e. The first-order valence-electron chi connectivity index (χ1n) is 9.43. The summed E-state index contributed by atoms with van der Waals surface area (Å²) in [5.41, 5.74) is 1.59. The van der Waals surface area contributed by atoms with Crippen molar-refractivity contribution >= 4 is 16.8 Å². The van der Waals surface area contributed by atoms with Crippen molar-refractivity contribution in [3.8, 4) is 0 Å². The van der Waals surface area contributed by atoms with Gasteiger partial charge in [0.2, 0.25) is 0 Å². The third-order valence-corrected chi connectivity index (χ3v) is 5.04. The van der Waals surface area contributed by atoms with Gasteiger partial charge in [-0.2, -0.15) is 5.10 Å². The van der Waals surface area contributed by atoms with E-state index in [1.807, 2.05) is 22.9 Å². The fraction of sp³-hybridized carbons (Fsp3) is 0.579. The molecule has 0 saturated carbocycles. The minimum absolute atomic E-state index is 0.0731. The van der Waals surface area contributed by atoms with E-state index in [2.05, 4.69) is 40.5 Å². The second-order valence-electron chi connectivity index (χ2n) is 6.63. The lowest BCUT2D eigenvalue weighted by atomic mass is 10.1. The molecule has 1 saturated heterocycles. The summed E-state index contributed by atoms with van der Waals surface area (Å²) < 4.78 is 2.03. The molecule has 1 aromatic heterocycles. The lowest BCUT2D eigenvalue weighted by molar-refractivity contribution is 0.0942. The number of nitrogens with one attached hydrogen (secondary N) is 2. The molecule has 2 heterocycles. The van der Waals surface area contributed by atoms with Crippen LogP contribution >= 0.6 is 0 Å². The number of aromatic nitrogens is 2. The standard InChI is InChI=1S/C19H29N5O/c1-3-15(4-2)24-17-8-6-5-7-16(17)18(22-24)19(25)21-11-14-23-12-9-20-10-13-23/h5-8,15,20H,3-4,9-14H2,1-2H3,(H,21,25). The van der Waals surface area contributed by atoms with Gasteiger partial charge in [0.1, 0.15) is 0 Å². The van der Waals surface area contributed by atoms with Crippen LogP contribution in [0.15, 0.2) is 24.3 Å². The van der Waals surface area contributed by atoms with Crippen molar-refractivity contribution in [2.75, 3.05) is 39.3 Å². The van der Waals surface area contributed by atoms with Crippen molar-refractivity contribution in [1.29, 1.82) is 0 Å². The van der Waals surface area contributed by atoms with Crippen LogP contribution in [0, 0.1) is 0 Å². The molecule has 1 aromatic carbocycles. The molecule has 3 rings (SSSR count). The van der Waals surface area contributed by atoms with E-state index in [-0.39, 0.29) is 5.91 Å². The molecule has 136 valence electrons. The highest BCUT2D eigenvalue weighted by Crippen LogP contribution is 2.25. The number of rotatable bonds is 7. The van der Waals surface area contributed by atoms with Crippen LogP contribution in [0.4, 0.5) is 0 Å². The van der Waals surface area contributed by atoms with E-state index in [0.717, 1.165) is 56.5 Å². The minimum atomic E-state index is -0.0731. The third-order valence-electron chi connectivity index (χ3n) is 5.04. The lowest BCUT2D eigenvalue weighted by Crippen LogP contribution is -2.46. The van der Waals surface area contributed by atoms with Crippen molar-refractivity contribution < 1.29 is 4.79 Å². The Morgan fingerprint density at radius 1 is 1.24 bits per heavy atom. The quantitative estimate of drug-likeness (QED) is 0.807. The molecular formula is C19H29N5O. The van der Waals surface area contributed by atoms with E-state index < -0.39 is 0 Å². The average Bonchev–Trinajstić information content (AvgIpc) is 3.04. The van der Waals surface area contributed by atoms with Gasteiger partial charge in [0, 0.05) is 44.7 Å². The molecule has 1 aliphatic heterocycles. The summed E-state index contributed by atoms with van der Waals surface area (Å²) in [6.45, 7) is 10.0. The number of hydrogen-bond donors (Lipinski definition) is 2. The molecule has 0 atom stereocenters. The highest BCUT2D eigenvalue weighted by molar-refractivity contribution is 6.04. The highest BCUT2D eigenvalue weighted by atomic mass is 16.1. The van der Waals surface area contributed by atoms with Gasteiger partial charge in [-0.1, -0.05) is 32.0 Å². The normalized spacial score (nSPS) is 15.8. The molecule has 6 heteroatoms. The molecule has 1 aliphatic rings. The Balaban J connectivity index is 1.72. The number of nitrogens with zero attached hydrogens (tertiary/aromatic N) is 3. The van der Waals surface area contributed by atoms with Gasteiger partial charge in [-0.3, -0.25) is 14.4 Å². The summed E-state index contributed by atoms with van der Waals surface area (Å²) in [5.74, 6) is -0.0731. The van der Waals surface area contributed by atoms with Crippen LogP contribution in [0.25, 0.3) is 10.9 Å². The predicted octanol–water partition coefficient (Wildman–Crippen LogP) is 2.03. The lowest BCUT2D eigenvalue weighted by Gasteiger charge is -2.26. The third kappa shape index (κ3) is 4.02. The molecule has 0 aliphatic carbocycles. The molecule has 0 unspecified atom stereocenters. The number of fused-ring (bicyclic) bond motifs is 1. The summed E-state index contributed by atoms with van der Waals surface area (Å²) in [4.78, 5) is 15.1. The Kier molecular flexibility index (Phi) is 6.04. The van der Waals surface area contributed by atoms with Crippen molar-refractivity contribution in [3.63, 3.8) is 0 Å². The van der Waals surface area contributed by atoms with Crippen molar-refractivity contribution in [2.24, 2.45) is 0 Å². The number of carbonyl (C=O) groups excluding carboxylic acids is 1. The zero-order chi connectivity index (χ0) is 17.6. The minimum Gasteiger partial charge on any atom is -0.349 e. The monoisotopic (exact) mass is 343 g/mol. The number of piperazine rings is 1. The van der Waals surface area contributed by atoms with Crippen LogP contribution in [-0.4, -0.2) is 59.9 Å². The predicted molar refractivity (Wildman–Crippen MR) is 101 cm³/mol. The summed E-state index contributed by atoms with van der Waals surface area (Å²) >= 11 is 0. The molecule has 25 heavy (non-hydrogen) atoms. The molecule has 1 fully saturated rings. The average molecular weight is 343 g/mol. The van der Waals surface area contributed by atoms with Gasteiger partial charge < -0.3 is 10.6 Å². The van der Waals surface area contributed by atoms with Crippen molar-refractivity contribution in [1.82, 2.24) is 25.3 Å². The van der Waals surface area contributed by atoms with Crippen LogP contribution in [0.5, 0.6) is 0 Å². The Morgan fingerprint density at radius 3 is 2.68 bits per heavy atom. The Labute approximate surface area is 149 Å². The van der Waals surface area contributed by atoms with E-state index in [0.29, 0.717) is 18.3 Å². The van der Waals surface area contributed by atoms with E-state index >= 15 is 0 Å². The summed E-state index contributed by atoms with van der Waals surface area (Å²) in [7, 11) is 0. The largest absolute Gasteiger partial charge is 0.349 e. The van der Waals surface area contributed by atoms with Gasteiger partial charge in [0.15, 0.2) is 5.69 Å². The van der Waals surface area contributed by atoms with Crippen LogP contribution < -0.4 is 10.6 Å². The second-order valence-corrected chi connectivity index (χ2v) is 6.63. The molecular weight excluding hydrogens is 314 g/mol. The van der Waals surface area contributed by atoms with Crippen LogP contribution in [0.1, 0.15) is 43.2 Å². The Bertz CT molecular complexity index is 701. The van der Waals surface area contributed by atoms with Gasteiger partial charge >= 0.3 is 0 Å². The molecule has 2 N–H and O–H groups in total. The topological polar surface area (TPSA) is 62.2 Å². The Morgan fingerprint density at radius 2 is 1.96 bits per heavy atom. The maximum absolute atomic E-state index is 12.7. The van der Waals surface area contributed by atoms with Crippen LogP contribution in [0.3, 0.4) is 0 Å². The molecule has 1 amide bonds. The molecule has 0 radical (unpaired) electrons. The maximum Gasteiger partial charge on any atom is 0.272 e. The maximum atomic E-state index is 12.7. The molecule has 0 spiro atoms. The molecule has 6 nitrogen and oxygen atoms in total. The van der Waals surface area contributed by atoms with E-state index in [1.165, 1.54) is 0 Å². The van der Waals surface area contributed by atoms with E-state index in [9.17, 15) is 4.79 Å². The van der Waals surface area contributed by atoms with Gasteiger partial charge in [0.05, 0.1) is 11.6 Å². The van der Waals surface area contributed by atoms with Gasteiger partial charge in [-0.05, 0) is 18.9 Å². The number of carbonyl (C=O) groups is 1. The fourth-order valence-corrected chi connectivity index (χ4v) is 3.52. The first kappa shape index (κ1) is 17.9. The molecule has 2 aromatic rings. The molecule has 0 bridgehead atoms. The number of hydrogen-bond acceptors (Lipinski definition) is 4. The fourth-order valence-electron chi connectivity index (χ4n) is 3.52. The summed E-state index contributed by atoms with van der Waals surface area (Å²) in [6, 6.07) is 8.35. The van der Waals surface area contributed by atoms with Gasteiger partial charge in [-0.15, -0.1) is 0 Å². The number of para-hydroxylation sites is 1. The van der Waals surface area contributed by atoms with Crippen molar-refractivity contribution in [2.45, 2.75) is 32.7 Å². The van der Waals surface area contributed by atoms with Crippen molar-refractivity contribution in [3.05, 3.63) is 30.0 Å². The van der Waals surface area contributed by atoms with Crippen LogP contribution in [0.2, 0.25) is 0 Å². The number of benzene rings is 1. The zero-order valence-corrected chi connectivity index (χ0v) is 15.3. The first-order valence-corrected chi connectivity index (χ1v) is 9.43. The Hall–Kier alpha value is -1.92.